The lowest BCUT2D eigenvalue weighted by atomic mass is 10.1. The molecule has 0 saturated carbocycles. The molecule has 8 nitrogen and oxygen atoms in total. The number of nitrogens with one attached hydrogen (secondary N) is 1. The van der Waals surface area contributed by atoms with Crippen molar-refractivity contribution in [1.82, 2.24) is 5.32 Å². The van der Waals surface area contributed by atoms with Crippen LogP contribution in [0.15, 0.2) is 83.8 Å². The Morgan fingerprint density at radius 1 is 0.857 bits per heavy atom. The van der Waals surface area contributed by atoms with Crippen LogP contribution in [0.5, 0.6) is 5.75 Å². The van der Waals surface area contributed by atoms with Gasteiger partial charge >= 0.3 is 22.2 Å². The van der Waals surface area contributed by atoms with Crippen molar-refractivity contribution in [2.45, 2.75) is 37.8 Å². The molecule has 0 heterocycles. The number of ether oxygens (including phenoxy) is 2. The lowest BCUT2D eigenvalue weighted by Gasteiger charge is -2.17. The fourth-order valence-electron chi connectivity index (χ4n) is 3.14. The van der Waals surface area contributed by atoms with Gasteiger partial charge in [0.05, 0.1) is 6.61 Å². The molecule has 0 aliphatic carbocycles. The van der Waals surface area contributed by atoms with Gasteiger partial charge in [-0.1, -0.05) is 60.2 Å². The number of carbonyl (C=O) groups excluding carboxylic acids is 2. The van der Waals surface area contributed by atoms with Gasteiger partial charge < -0.3 is 19.0 Å². The van der Waals surface area contributed by atoms with Gasteiger partial charge in [0, 0.05) is 6.42 Å². The summed E-state index contributed by atoms with van der Waals surface area (Å²) in [5.74, 6) is -0.483. The van der Waals surface area contributed by atoms with Crippen LogP contribution in [0.3, 0.4) is 0 Å². The molecule has 0 bridgehead atoms. The van der Waals surface area contributed by atoms with Crippen molar-refractivity contribution in [3.8, 4) is 5.75 Å². The quantitative estimate of drug-likeness (QED) is 0.331. The normalized spacial score (nSPS) is 11.8. The van der Waals surface area contributed by atoms with Crippen LogP contribution in [0.2, 0.25) is 0 Å². The van der Waals surface area contributed by atoms with Crippen molar-refractivity contribution in [3.63, 3.8) is 0 Å². The van der Waals surface area contributed by atoms with Crippen LogP contribution >= 0.6 is 0 Å². The fourth-order valence-corrected chi connectivity index (χ4v) is 4.07. The van der Waals surface area contributed by atoms with E-state index in [4.69, 9.17) is 13.7 Å². The first-order valence-electron chi connectivity index (χ1n) is 11.0. The number of hydrogen-bond acceptors (Lipinski definition) is 7. The van der Waals surface area contributed by atoms with Gasteiger partial charge in [-0.2, -0.15) is 8.42 Å². The van der Waals surface area contributed by atoms with Gasteiger partial charge in [-0.15, -0.1) is 0 Å². The SMILES string of the molecule is CCOC(=O)[C@H](Cc1ccc(OS(=O)(=O)c2ccc(C)cc2)cc1)NC(=O)OCc1ccccc1. The molecule has 1 N–H and O–H groups in total. The Bertz CT molecular complexity index is 1220. The van der Waals surface area contributed by atoms with Crippen LogP contribution in [0.25, 0.3) is 0 Å². The van der Waals surface area contributed by atoms with Gasteiger partial charge in [0.2, 0.25) is 0 Å². The number of aryl methyl sites for hydroxylation is 1. The van der Waals surface area contributed by atoms with Gasteiger partial charge in [0.1, 0.15) is 23.3 Å². The van der Waals surface area contributed by atoms with Crippen molar-refractivity contribution in [2.75, 3.05) is 6.61 Å². The van der Waals surface area contributed by atoms with Gasteiger partial charge in [-0.05, 0) is 49.2 Å². The number of esters is 1. The molecular formula is C26H27NO7S. The van der Waals surface area contributed by atoms with E-state index in [1.54, 1.807) is 31.2 Å². The Balaban J connectivity index is 1.63. The Morgan fingerprint density at radius 2 is 1.51 bits per heavy atom. The van der Waals surface area contributed by atoms with Crippen molar-refractivity contribution < 1.29 is 31.7 Å². The first-order chi connectivity index (χ1) is 16.8. The molecular weight excluding hydrogens is 470 g/mol. The highest BCUT2D eigenvalue weighted by Gasteiger charge is 2.24. The van der Waals surface area contributed by atoms with Crippen molar-refractivity contribution >= 4 is 22.2 Å². The van der Waals surface area contributed by atoms with Gasteiger partial charge in [0.15, 0.2) is 0 Å². The third-order valence-electron chi connectivity index (χ3n) is 4.95. The maximum absolute atomic E-state index is 12.5. The van der Waals surface area contributed by atoms with E-state index in [9.17, 15) is 18.0 Å². The molecule has 35 heavy (non-hydrogen) atoms. The van der Waals surface area contributed by atoms with Crippen molar-refractivity contribution in [3.05, 3.63) is 95.6 Å². The maximum atomic E-state index is 12.5. The van der Waals surface area contributed by atoms with Crippen LogP contribution in [-0.2, 0) is 37.4 Å². The Labute approximate surface area is 205 Å². The fraction of sp³-hybridized carbons (Fsp3) is 0.231. The number of benzene rings is 3. The van der Waals surface area contributed by atoms with Gasteiger partial charge in [0.25, 0.3) is 0 Å². The van der Waals surface area contributed by atoms with Gasteiger partial charge in [-0.25, -0.2) is 9.59 Å². The number of alkyl carbamates (subject to hydrolysis) is 1. The van der Waals surface area contributed by atoms with E-state index in [0.717, 1.165) is 11.1 Å². The minimum Gasteiger partial charge on any atom is -0.464 e. The molecule has 3 aromatic carbocycles. The monoisotopic (exact) mass is 497 g/mol. The van der Waals surface area contributed by atoms with Crippen LogP contribution in [0.1, 0.15) is 23.6 Å². The molecule has 9 heteroatoms. The highest BCUT2D eigenvalue weighted by Crippen LogP contribution is 2.20. The van der Waals surface area contributed by atoms with E-state index in [2.05, 4.69) is 5.32 Å². The van der Waals surface area contributed by atoms with Gasteiger partial charge in [-0.3, -0.25) is 0 Å². The second-order valence-electron chi connectivity index (χ2n) is 7.71. The van der Waals surface area contributed by atoms with Crippen molar-refractivity contribution in [2.24, 2.45) is 0 Å². The second-order valence-corrected chi connectivity index (χ2v) is 9.26. The highest BCUT2D eigenvalue weighted by atomic mass is 32.2. The summed E-state index contributed by atoms with van der Waals surface area (Å²) >= 11 is 0. The average molecular weight is 498 g/mol. The van der Waals surface area contributed by atoms with Crippen LogP contribution in [0, 0.1) is 6.92 Å². The molecule has 0 saturated heterocycles. The number of carbonyl (C=O) groups is 2. The molecule has 0 fully saturated rings. The molecule has 3 rings (SSSR count). The molecule has 0 aromatic heterocycles. The summed E-state index contributed by atoms with van der Waals surface area (Å²) in [6.45, 7) is 3.74. The molecule has 3 aromatic rings. The van der Waals surface area contributed by atoms with E-state index >= 15 is 0 Å². The summed E-state index contributed by atoms with van der Waals surface area (Å²) in [5, 5.41) is 2.54. The summed E-state index contributed by atoms with van der Waals surface area (Å²) < 4.78 is 40.4. The number of rotatable bonds is 10. The second kappa shape index (κ2) is 12.0. The molecule has 0 radical (unpaired) electrons. The zero-order valence-electron chi connectivity index (χ0n) is 19.5. The standard InChI is InChI=1S/C26H27NO7S/c1-3-32-25(28)24(27-26(29)33-18-21-7-5-4-6-8-21)17-20-11-13-22(14-12-20)34-35(30,31)23-15-9-19(2)10-16-23/h4-16,24H,3,17-18H2,1-2H3,(H,27,29)/t24-/m0/s1. The predicted octanol–water partition coefficient (Wildman–Crippen LogP) is 4.16. The zero-order chi connectivity index (χ0) is 25.3. The van der Waals surface area contributed by atoms with E-state index in [-0.39, 0.29) is 30.3 Å². The van der Waals surface area contributed by atoms with E-state index in [0.29, 0.717) is 5.56 Å². The average Bonchev–Trinajstić information content (AvgIpc) is 2.84. The van der Waals surface area contributed by atoms with E-state index in [1.807, 2.05) is 37.3 Å². The van der Waals surface area contributed by atoms with E-state index < -0.39 is 28.2 Å². The highest BCUT2D eigenvalue weighted by molar-refractivity contribution is 7.87. The molecule has 184 valence electrons. The van der Waals surface area contributed by atoms with Crippen LogP contribution < -0.4 is 9.50 Å². The van der Waals surface area contributed by atoms with Crippen LogP contribution in [0.4, 0.5) is 4.79 Å². The molecule has 0 spiro atoms. The molecule has 1 atom stereocenters. The summed E-state index contributed by atoms with van der Waals surface area (Å²) in [5.41, 5.74) is 2.40. The lowest BCUT2D eigenvalue weighted by Crippen LogP contribution is -2.43. The lowest BCUT2D eigenvalue weighted by molar-refractivity contribution is -0.145. The predicted molar refractivity (Wildman–Crippen MR) is 129 cm³/mol. The minimum absolute atomic E-state index is 0.0489. The number of hydrogen-bond donors (Lipinski definition) is 1. The number of amides is 1. The van der Waals surface area contributed by atoms with E-state index in [1.165, 1.54) is 24.3 Å². The topological polar surface area (TPSA) is 108 Å². The molecule has 0 unspecified atom stereocenters. The van der Waals surface area contributed by atoms with Crippen LogP contribution in [-0.4, -0.2) is 33.1 Å². The Kier molecular flexibility index (Phi) is 8.86. The summed E-state index contributed by atoms with van der Waals surface area (Å²) in [6, 6.07) is 20.7. The Morgan fingerprint density at radius 3 is 2.14 bits per heavy atom. The third kappa shape index (κ3) is 7.86. The first kappa shape index (κ1) is 25.8. The van der Waals surface area contributed by atoms with Crippen molar-refractivity contribution in [1.29, 1.82) is 0 Å². The molecule has 0 aliphatic heterocycles. The maximum Gasteiger partial charge on any atom is 0.408 e. The third-order valence-corrected chi connectivity index (χ3v) is 6.22. The smallest absolute Gasteiger partial charge is 0.408 e. The first-order valence-corrected chi connectivity index (χ1v) is 12.4. The Hall–Kier alpha value is -3.85. The molecule has 1 amide bonds. The summed E-state index contributed by atoms with van der Waals surface area (Å²) in [4.78, 5) is 24.7. The summed E-state index contributed by atoms with van der Waals surface area (Å²) in [7, 11) is -3.98. The summed E-state index contributed by atoms with van der Waals surface area (Å²) in [6.07, 6.45) is -0.638. The minimum atomic E-state index is -3.98. The largest absolute Gasteiger partial charge is 0.464 e. The zero-order valence-corrected chi connectivity index (χ0v) is 20.3. The molecule has 0 aliphatic rings.